The van der Waals surface area contributed by atoms with E-state index in [4.69, 9.17) is 4.42 Å². The van der Waals surface area contributed by atoms with Crippen LogP contribution in [0, 0.1) is 6.92 Å². The standard InChI is InChI=1S/C13H13N5O2/c1-7-9-5-3-4-6-10(9)20-11(7)13(19)14-8(2)12-15-17-18-16-12/h3-6,8H,1-2H3,(H,14,19)(H,15,16,17,18). The maximum Gasteiger partial charge on any atom is 0.287 e. The maximum atomic E-state index is 12.2. The molecule has 7 nitrogen and oxygen atoms in total. The van der Waals surface area contributed by atoms with Crippen LogP contribution < -0.4 is 5.32 Å². The molecule has 0 fully saturated rings. The minimum atomic E-state index is -0.353. The molecular formula is C13H13N5O2. The highest BCUT2D eigenvalue weighted by atomic mass is 16.3. The molecule has 0 aliphatic carbocycles. The Morgan fingerprint density at radius 1 is 1.40 bits per heavy atom. The number of hydrogen-bond donors (Lipinski definition) is 2. The third-order valence-electron chi connectivity index (χ3n) is 3.15. The van der Waals surface area contributed by atoms with E-state index >= 15 is 0 Å². The number of para-hydroxylation sites is 1. The second-order valence-electron chi connectivity index (χ2n) is 4.52. The van der Waals surface area contributed by atoms with Crippen molar-refractivity contribution >= 4 is 16.9 Å². The van der Waals surface area contributed by atoms with E-state index in [9.17, 15) is 4.79 Å². The van der Waals surface area contributed by atoms with E-state index in [2.05, 4.69) is 25.9 Å². The summed E-state index contributed by atoms with van der Waals surface area (Å²) in [6.45, 7) is 3.64. The lowest BCUT2D eigenvalue weighted by Crippen LogP contribution is -2.27. The normalized spacial score (nSPS) is 12.5. The number of nitrogens with zero attached hydrogens (tertiary/aromatic N) is 3. The Morgan fingerprint density at radius 2 is 2.20 bits per heavy atom. The second kappa shape index (κ2) is 4.76. The Hall–Kier alpha value is -2.70. The molecule has 1 unspecified atom stereocenters. The second-order valence-corrected chi connectivity index (χ2v) is 4.52. The molecule has 3 aromatic rings. The predicted molar refractivity (Wildman–Crippen MR) is 71.0 cm³/mol. The van der Waals surface area contributed by atoms with E-state index in [-0.39, 0.29) is 11.9 Å². The number of H-pyrrole nitrogens is 1. The monoisotopic (exact) mass is 271 g/mol. The van der Waals surface area contributed by atoms with Gasteiger partial charge in [0.25, 0.3) is 5.91 Å². The van der Waals surface area contributed by atoms with Crippen molar-refractivity contribution in [3.63, 3.8) is 0 Å². The zero-order valence-corrected chi connectivity index (χ0v) is 11.0. The number of carbonyl (C=O) groups excluding carboxylic acids is 1. The molecule has 2 N–H and O–H groups in total. The molecule has 2 heterocycles. The molecule has 0 saturated heterocycles. The smallest absolute Gasteiger partial charge is 0.287 e. The van der Waals surface area contributed by atoms with E-state index in [0.717, 1.165) is 10.9 Å². The quantitative estimate of drug-likeness (QED) is 0.756. The van der Waals surface area contributed by atoms with Gasteiger partial charge in [-0.1, -0.05) is 23.4 Å². The Labute approximate surface area is 114 Å². The van der Waals surface area contributed by atoms with Crippen LogP contribution in [-0.2, 0) is 0 Å². The molecule has 0 bridgehead atoms. The molecule has 20 heavy (non-hydrogen) atoms. The average molecular weight is 271 g/mol. The van der Waals surface area contributed by atoms with Gasteiger partial charge < -0.3 is 9.73 Å². The number of amides is 1. The first kappa shape index (κ1) is 12.3. The molecule has 3 rings (SSSR count). The molecule has 0 saturated carbocycles. The number of aromatic amines is 1. The first-order valence-electron chi connectivity index (χ1n) is 6.19. The van der Waals surface area contributed by atoms with Gasteiger partial charge in [0.1, 0.15) is 5.58 Å². The minimum absolute atomic E-state index is 0.295. The molecule has 1 atom stereocenters. The summed E-state index contributed by atoms with van der Waals surface area (Å²) in [6.07, 6.45) is 0. The van der Waals surface area contributed by atoms with Gasteiger partial charge in [0.05, 0.1) is 6.04 Å². The summed E-state index contributed by atoms with van der Waals surface area (Å²) >= 11 is 0. The number of tetrazole rings is 1. The van der Waals surface area contributed by atoms with Gasteiger partial charge in [-0.25, -0.2) is 0 Å². The van der Waals surface area contributed by atoms with Gasteiger partial charge in [-0.3, -0.25) is 4.79 Å². The summed E-state index contributed by atoms with van der Waals surface area (Å²) in [4.78, 5) is 12.2. The molecule has 0 aliphatic heterocycles. The largest absolute Gasteiger partial charge is 0.451 e. The van der Waals surface area contributed by atoms with Gasteiger partial charge in [0.15, 0.2) is 11.6 Å². The Morgan fingerprint density at radius 3 is 2.90 bits per heavy atom. The van der Waals surface area contributed by atoms with Crippen LogP contribution in [0.25, 0.3) is 11.0 Å². The van der Waals surface area contributed by atoms with Crippen molar-refractivity contribution in [3.8, 4) is 0 Å². The van der Waals surface area contributed by atoms with E-state index in [0.29, 0.717) is 17.2 Å². The summed E-state index contributed by atoms with van der Waals surface area (Å²) in [7, 11) is 0. The molecule has 2 aromatic heterocycles. The summed E-state index contributed by atoms with van der Waals surface area (Å²) < 4.78 is 5.60. The predicted octanol–water partition coefficient (Wildman–Crippen LogP) is 1.75. The van der Waals surface area contributed by atoms with Crippen LogP contribution in [0.4, 0.5) is 0 Å². The molecular weight excluding hydrogens is 258 g/mol. The Kier molecular flexibility index (Phi) is 2.94. The van der Waals surface area contributed by atoms with Crippen LogP contribution in [0.1, 0.15) is 34.9 Å². The summed E-state index contributed by atoms with van der Waals surface area (Å²) in [5.41, 5.74) is 1.51. The first-order valence-corrected chi connectivity index (χ1v) is 6.19. The number of carbonyl (C=O) groups is 1. The van der Waals surface area contributed by atoms with Gasteiger partial charge in [0.2, 0.25) is 0 Å². The fourth-order valence-electron chi connectivity index (χ4n) is 2.07. The molecule has 0 radical (unpaired) electrons. The lowest BCUT2D eigenvalue weighted by molar-refractivity contribution is 0.0911. The van der Waals surface area contributed by atoms with Crippen molar-refractivity contribution in [1.82, 2.24) is 25.9 Å². The number of aryl methyl sites for hydroxylation is 1. The highest BCUT2D eigenvalue weighted by molar-refractivity contribution is 5.99. The third kappa shape index (κ3) is 2.03. The van der Waals surface area contributed by atoms with E-state index < -0.39 is 0 Å². The van der Waals surface area contributed by atoms with Crippen molar-refractivity contribution in [2.24, 2.45) is 0 Å². The van der Waals surface area contributed by atoms with Crippen LogP contribution in [0.3, 0.4) is 0 Å². The number of aromatic nitrogens is 4. The Balaban J connectivity index is 1.87. The zero-order valence-electron chi connectivity index (χ0n) is 11.0. The number of fused-ring (bicyclic) bond motifs is 1. The third-order valence-corrected chi connectivity index (χ3v) is 3.15. The number of rotatable bonds is 3. The lowest BCUT2D eigenvalue weighted by Gasteiger charge is -2.08. The molecule has 7 heteroatoms. The topological polar surface area (TPSA) is 96.7 Å². The van der Waals surface area contributed by atoms with Crippen molar-refractivity contribution in [2.45, 2.75) is 19.9 Å². The van der Waals surface area contributed by atoms with Crippen molar-refractivity contribution in [2.75, 3.05) is 0 Å². The van der Waals surface area contributed by atoms with Crippen LogP contribution in [0.5, 0.6) is 0 Å². The number of nitrogens with one attached hydrogen (secondary N) is 2. The van der Waals surface area contributed by atoms with Crippen molar-refractivity contribution < 1.29 is 9.21 Å². The number of hydrogen-bond acceptors (Lipinski definition) is 5. The van der Waals surface area contributed by atoms with Gasteiger partial charge in [-0.15, -0.1) is 10.2 Å². The lowest BCUT2D eigenvalue weighted by atomic mass is 10.1. The fraction of sp³-hybridized carbons (Fsp3) is 0.231. The van der Waals surface area contributed by atoms with Crippen LogP contribution in [0.2, 0.25) is 0 Å². The number of furan rings is 1. The van der Waals surface area contributed by atoms with E-state index in [1.807, 2.05) is 31.2 Å². The van der Waals surface area contributed by atoms with E-state index in [1.165, 1.54) is 0 Å². The van der Waals surface area contributed by atoms with Crippen LogP contribution in [-0.4, -0.2) is 26.5 Å². The molecule has 1 aromatic carbocycles. The summed E-state index contributed by atoms with van der Waals surface area (Å²) in [6, 6.07) is 7.19. The maximum absolute atomic E-state index is 12.2. The first-order chi connectivity index (χ1) is 9.66. The SMILES string of the molecule is Cc1c(C(=O)NC(C)c2nn[nH]n2)oc2ccccc12. The van der Waals surface area contributed by atoms with Gasteiger partial charge in [-0.05, 0) is 19.9 Å². The molecule has 0 aliphatic rings. The number of benzene rings is 1. The average Bonchev–Trinajstić information content (AvgIpc) is 3.07. The highest BCUT2D eigenvalue weighted by Gasteiger charge is 2.20. The minimum Gasteiger partial charge on any atom is -0.451 e. The Bertz CT molecular complexity index is 747. The fourth-order valence-corrected chi connectivity index (χ4v) is 2.07. The van der Waals surface area contributed by atoms with Crippen molar-refractivity contribution in [1.29, 1.82) is 0 Å². The van der Waals surface area contributed by atoms with Crippen molar-refractivity contribution in [3.05, 3.63) is 41.4 Å². The zero-order chi connectivity index (χ0) is 14.1. The van der Waals surface area contributed by atoms with Gasteiger partial charge in [-0.2, -0.15) is 5.21 Å². The van der Waals surface area contributed by atoms with Crippen LogP contribution >= 0.6 is 0 Å². The van der Waals surface area contributed by atoms with Gasteiger partial charge >= 0.3 is 0 Å². The van der Waals surface area contributed by atoms with E-state index in [1.54, 1.807) is 6.92 Å². The molecule has 1 amide bonds. The highest BCUT2D eigenvalue weighted by Crippen LogP contribution is 2.25. The summed E-state index contributed by atoms with van der Waals surface area (Å²) in [5.74, 6) is 0.435. The molecule has 102 valence electrons. The van der Waals surface area contributed by atoms with Gasteiger partial charge in [0, 0.05) is 10.9 Å². The molecule has 0 spiro atoms. The van der Waals surface area contributed by atoms with Crippen LogP contribution in [0.15, 0.2) is 28.7 Å². The summed E-state index contributed by atoms with van der Waals surface area (Å²) in [5, 5.41) is 17.2.